The lowest BCUT2D eigenvalue weighted by molar-refractivity contribution is -0.137. The van der Waals surface area contributed by atoms with E-state index >= 15 is 0 Å². The van der Waals surface area contributed by atoms with Crippen molar-refractivity contribution in [2.45, 2.75) is 38.9 Å². The van der Waals surface area contributed by atoms with E-state index in [-0.39, 0.29) is 24.5 Å². The van der Waals surface area contributed by atoms with Crippen molar-refractivity contribution < 1.29 is 32.2 Å². The number of Topliss-reactive ketones (excluding diaryl/α,β-unsaturated/α-hetero) is 1. The van der Waals surface area contributed by atoms with Gasteiger partial charge in [-0.2, -0.15) is 13.2 Å². The molecular weight excluding hydrogens is 557 g/mol. The third kappa shape index (κ3) is 7.66. The van der Waals surface area contributed by atoms with Gasteiger partial charge in [-0.1, -0.05) is 48.5 Å². The van der Waals surface area contributed by atoms with Gasteiger partial charge in [0.25, 0.3) is 0 Å². The zero-order chi connectivity index (χ0) is 31.1. The van der Waals surface area contributed by atoms with Crippen molar-refractivity contribution in [2.24, 2.45) is 0 Å². The maximum Gasteiger partial charge on any atom is 0.416 e. The summed E-state index contributed by atoms with van der Waals surface area (Å²) in [6, 6.07) is 21.6. The Bertz CT molecular complexity index is 1580. The number of amides is 1. The molecule has 3 aromatic carbocycles. The first-order valence-corrected chi connectivity index (χ1v) is 13.9. The maximum atomic E-state index is 13.4. The number of likely N-dealkylation sites (N-methyl/N-ethyl adjacent to an activating group) is 1. The molecular formula is C34H35F3N2O4. The van der Waals surface area contributed by atoms with Gasteiger partial charge in [0.15, 0.2) is 5.78 Å². The van der Waals surface area contributed by atoms with Crippen LogP contribution in [0.15, 0.2) is 78.9 Å². The van der Waals surface area contributed by atoms with Crippen LogP contribution in [0.4, 0.5) is 13.2 Å². The van der Waals surface area contributed by atoms with Crippen LogP contribution in [-0.2, 0) is 30.4 Å². The zero-order valence-corrected chi connectivity index (χ0v) is 24.7. The molecule has 0 saturated carbocycles. The minimum absolute atomic E-state index is 0.0731. The van der Waals surface area contributed by atoms with E-state index in [0.29, 0.717) is 42.1 Å². The van der Waals surface area contributed by atoms with Gasteiger partial charge < -0.3 is 18.9 Å². The number of nitrogens with zero attached hydrogens (tertiary/aromatic N) is 2. The summed E-state index contributed by atoms with van der Waals surface area (Å²) >= 11 is 0. The van der Waals surface area contributed by atoms with Gasteiger partial charge >= 0.3 is 6.18 Å². The number of carbonyl (C=O) groups is 2. The summed E-state index contributed by atoms with van der Waals surface area (Å²) < 4.78 is 52.4. The molecule has 0 N–H and O–H groups in total. The van der Waals surface area contributed by atoms with Crippen molar-refractivity contribution >= 4 is 11.7 Å². The normalized spacial score (nSPS) is 11.3. The number of benzene rings is 3. The number of methoxy groups -OCH3 is 2. The van der Waals surface area contributed by atoms with Crippen LogP contribution in [0.2, 0.25) is 0 Å². The number of ether oxygens (including phenoxy) is 2. The third-order valence-electron chi connectivity index (χ3n) is 7.49. The summed E-state index contributed by atoms with van der Waals surface area (Å²) in [6.07, 6.45) is -3.85. The molecule has 0 aliphatic carbocycles. The first-order chi connectivity index (χ1) is 20.5. The van der Waals surface area contributed by atoms with Gasteiger partial charge in [0.05, 0.1) is 26.2 Å². The Morgan fingerprint density at radius 2 is 1.63 bits per heavy atom. The maximum absolute atomic E-state index is 13.4. The molecule has 0 unspecified atom stereocenters. The average Bonchev–Trinajstić information content (AvgIpc) is 3.33. The summed E-state index contributed by atoms with van der Waals surface area (Å²) in [4.78, 5) is 28.1. The second-order valence-corrected chi connectivity index (χ2v) is 10.4. The summed E-state index contributed by atoms with van der Waals surface area (Å²) in [5.74, 6) is 0.921. The Labute approximate surface area is 249 Å². The van der Waals surface area contributed by atoms with Crippen LogP contribution in [-0.4, -0.2) is 49.0 Å². The summed E-state index contributed by atoms with van der Waals surface area (Å²) in [7, 11) is 4.87. The van der Waals surface area contributed by atoms with Crippen molar-refractivity contribution in [1.29, 1.82) is 0 Å². The molecule has 1 heterocycles. The molecule has 0 fully saturated rings. The van der Waals surface area contributed by atoms with Crippen LogP contribution >= 0.6 is 0 Å². The van der Waals surface area contributed by atoms with Gasteiger partial charge in [-0.3, -0.25) is 9.59 Å². The number of hydrogen-bond donors (Lipinski definition) is 0. The molecule has 0 spiro atoms. The highest BCUT2D eigenvalue weighted by Crippen LogP contribution is 2.31. The van der Waals surface area contributed by atoms with E-state index in [4.69, 9.17) is 9.47 Å². The number of rotatable bonds is 12. The molecule has 0 atom stereocenters. The van der Waals surface area contributed by atoms with Crippen molar-refractivity contribution in [2.75, 3.05) is 27.8 Å². The van der Waals surface area contributed by atoms with Crippen molar-refractivity contribution in [1.82, 2.24) is 9.47 Å². The van der Waals surface area contributed by atoms with E-state index in [1.165, 1.54) is 12.1 Å². The first-order valence-electron chi connectivity index (χ1n) is 13.9. The van der Waals surface area contributed by atoms with Crippen LogP contribution in [0.25, 0.3) is 11.3 Å². The van der Waals surface area contributed by atoms with E-state index in [1.54, 1.807) is 44.4 Å². The van der Waals surface area contributed by atoms with Crippen molar-refractivity contribution in [3.8, 4) is 22.8 Å². The van der Waals surface area contributed by atoms with Crippen molar-refractivity contribution in [3.63, 3.8) is 0 Å². The summed E-state index contributed by atoms with van der Waals surface area (Å²) in [5, 5.41) is 0. The van der Waals surface area contributed by atoms with Crippen LogP contribution in [0.1, 0.15) is 39.2 Å². The Morgan fingerprint density at radius 1 is 0.884 bits per heavy atom. The van der Waals surface area contributed by atoms with Gasteiger partial charge in [-0.05, 0) is 54.8 Å². The van der Waals surface area contributed by atoms with E-state index in [9.17, 15) is 22.8 Å². The SMILES string of the molecule is COc1ccc(OC)c(CC(=O)N(C)CCCn2c(-c3ccccc3)cc(C(=O)Cc3cccc(C(F)(F)F)c3)c2C)c1. The number of aromatic nitrogens is 1. The Balaban J connectivity index is 1.50. The predicted molar refractivity (Wildman–Crippen MR) is 160 cm³/mol. The van der Waals surface area contributed by atoms with Gasteiger partial charge in [-0.15, -0.1) is 0 Å². The monoisotopic (exact) mass is 592 g/mol. The molecule has 6 nitrogen and oxygen atoms in total. The van der Waals surface area contributed by atoms with Crippen LogP contribution in [0.5, 0.6) is 11.5 Å². The molecule has 0 bridgehead atoms. The Morgan fingerprint density at radius 3 is 2.30 bits per heavy atom. The molecule has 0 aliphatic heterocycles. The third-order valence-corrected chi connectivity index (χ3v) is 7.49. The van der Waals surface area contributed by atoms with Gasteiger partial charge in [0, 0.05) is 49.1 Å². The topological polar surface area (TPSA) is 60.8 Å². The lowest BCUT2D eigenvalue weighted by Gasteiger charge is -2.19. The molecule has 0 saturated heterocycles. The number of hydrogen-bond acceptors (Lipinski definition) is 4. The predicted octanol–water partition coefficient (Wildman–Crippen LogP) is 7.02. The van der Waals surface area contributed by atoms with E-state index in [1.807, 2.05) is 47.9 Å². The highest BCUT2D eigenvalue weighted by Gasteiger charge is 2.30. The fourth-order valence-corrected chi connectivity index (χ4v) is 5.11. The second kappa shape index (κ2) is 13.6. The summed E-state index contributed by atoms with van der Waals surface area (Å²) in [5.41, 5.74) is 3.20. The zero-order valence-electron chi connectivity index (χ0n) is 24.7. The lowest BCUT2D eigenvalue weighted by atomic mass is 10.0. The molecule has 0 radical (unpaired) electrons. The quantitative estimate of drug-likeness (QED) is 0.166. The molecule has 0 aliphatic rings. The first kappa shape index (κ1) is 31.4. The molecule has 43 heavy (non-hydrogen) atoms. The van der Waals surface area contributed by atoms with Crippen molar-refractivity contribution in [3.05, 3.63) is 107 Å². The molecule has 1 aromatic heterocycles. The van der Waals surface area contributed by atoms with Gasteiger partial charge in [0.2, 0.25) is 5.91 Å². The van der Waals surface area contributed by atoms with Crippen LogP contribution < -0.4 is 9.47 Å². The standard InChI is InChI=1S/C34H35F3N2O4/c1-23-29(31(40)19-24-10-8-13-27(18-24)34(35,36)37)22-30(25-11-6-5-7-12-25)39(23)17-9-16-38(2)33(41)21-26-20-28(42-3)14-15-32(26)43-4/h5-8,10-15,18,20,22H,9,16-17,19,21H2,1-4H3. The highest BCUT2D eigenvalue weighted by molar-refractivity contribution is 6.00. The number of carbonyl (C=O) groups excluding carboxylic acids is 2. The fourth-order valence-electron chi connectivity index (χ4n) is 5.11. The number of halogens is 3. The highest BCUT2D eigenvalue weighted by atomic mass is 19.4. The van der Waals surface area contributed by atoms with E-state index in [2.05, 4.69) is 0 Å². The molecule has 9 heteroatoms. The minimum atomic E-state index is -4.48. The largest absolute Gasteiger partial charge is 0.497 e. The lowest BCUT2D eigenvalue weighted by Crippen LogP contribution is -2.30. The second-order valence-electron chi connectivity index (χ2n) is 10.4. The van der Waals surface area contributed by atoms with E-state index in [0.717, 1.165) is 34.6 Å². The number of alkyl halides is 3. The van der Waals surface area contributed by atoms with Crippen LogP contribution in [0, 0.1) is 6.92 Å². The summed E-state index contributed by atoms with van der Waals surface area (Å²) in [6.45, 7) is 2.85. The van der Waals surface area contributed by atoms with Gasteiger partial charge in [0.1, 0.15) is 11.5 Å². The minimum Gasteiger partial charge on any atom is -0.497 e. The molecule has 4 aromatic rings. The van der Waals surface area contributed by atoms with Gasteiger partial charge in [-0.25, -0.2) is 0 Å². The Kier molecular flexibility index (Phi) is 9.95. The number of ketones is 1. The van der Waals surface area contributed by atoms with Crippen LogP contribution in [0.3, 0.4) is 0 Å². The fraction of sp³-hybridized carbons (Fsp3) is 0.294. The smallest absolute Gasteiger partial charge is 0.416 e. The average molecular weight is 593 g/mol. The van der Waals surface area contributed by atoms with E-state index < -0.39 is 11.7 Å². The molecule has 1 amide bonds. The Hall–Kier alpha value is -4.53. The molecule has 4 rings (SSSR count). The molecule has 226 valence electrons.